The van der Waals surface area contributed by atoms with Gasteiger partial charge in [-0.2, -0.15) is 0 Å². The van der Waals surface area contributed by atoms with Gasteiger partial charge in [0.05, 0.1) is 5.56 Å². The molecule has 1 aliphatic rings. The number of hydrogen-bond donors (Lipinski definition) is 0. The van der Waals surface area contributed by atoms with E-state index in [1.165, 1.54) is 18.6 Å². The predicted octanol–water partition coefficient (Wildman–Crippen LogP) is 3.85. The minimum Gasteiger partial charge on any atom is -0.294 e. The lowest BCUT2D eigenvalue weighted by molar-refractivity contribution is 0.0932. The van der Waals surface area contributed by atoms with E-state index in [9.17, 15) is 9.18 Å². The fourth-order valence-corrected chi connectivity index (χ4v) is 1.94. The normalized spacial score (nSPS) is 16.1. The van der Waals surface area contributed by atoms with Crippen LogP contribution in [0.15, 0.2) is 18.2 Å². The summed E-state index contributed by atoms with van der Waals surface area (Å²) in [5, 5.41) is 0.327. The van der Waals surface area contributed by atoms with Gasteiger partial charge in [0.1, 0.15) is 5.82 Å². The Morgan fingerprint density at radius 2 is 2.20 bits per heavy atom. The lowest BCUT2D eigenvalue weighted by atomic mass is 9.81. The largest absolute Gasteiger partial charge is 0.294 e. The number of carbonyl (C=O) groups is 1. The van der Waals surface area contributed by atoms with Crippen LogP contribution in [0.25, 0.3) is 0 Å². The maximum Gasteiger partial charge on any atom is 0.166 e. The van der Waals surface area contributed by atoms with E-state index in [0.29, 0.717) is 17.4 Å². The van der Waals surface area contributed by atoms with Crippen molar-refractivity contribution >= 4 is 17.4 Å². The van der Waals surface area contributed by atoms with Gasteiger partial charge in [0, 0.05) is 11.4 Å². The number of rotatable bonds is 3. The van der Waals surface area contributed by atoms with Crippen molar-refractivity contribution < 1.29 is 9.18 Å². The molecule has 0 aliphatic heterocycles. The average molecular weight is 227 g/mol. The van der Waals surface area contributed by atoms with Crippen molar-refractivity contribution in [3.8, 4) is 0 Å². The monoisotopic (exact) mass is 226 g/mol. The number of carbonyl (C=O) groups excluding carboxylic acids is 1. The standard InChI is InChI=1S/C12H12ClFO/c13-9-4-5-10(11(14)7-9)12(15)6-8-2-1-3-8/h4-5,7-8H,1-3,6H2. The maximum atomic E-state index is 13.4. The molecule has 3 heteroatoms. The number of benzene rings is 1. The molecule has 0 atom stereocenters. The van der Waals surface area contributed by atoms with Gasteiger partial charge in [0.15, 0.2) is 5.78 Å². The zero-order chi connectivity index (χ0) is 10.8. The molecule has 0 aromatic heterocycles. The third-order valence-corrected chi connectivity index (χ3v) is 3.17. The molecular formula is C12H12ClFO. The molecule has 0 spiro atoms. The smallest absolute Gasteiger partial charge is 0.166 e. The van der Waals surface area contributed by atoms with Crippen molar-refractivity contribution in [3.05, 3.63) is 34.6 Å². The Bertz CT molecular complexity index is 385. The molecule has 80 valence electrons. The van der Waals surface area contributed by atoms with E-state index < -0.39 is 5.82 Å². The molecule has 1 saturated carbocycles. The highest BCUT2D eigenvalue weighted by molar-refractivity contribution is 6.30. The van der Waals surface area contributed by atoms with Crippen LogP contribution in [0.1, 0.15) is 36.0 Å². The second kappa shape index (κ2) is 4.31. The highest BCUT2D eigenvalue weighted by Gasteiger charge is 2.22. The molecule has 1 nitrogen and oxygen atoms in total. The van der Waals surface area contributed by atoms with Crippen LogP contribution in [0, 0.1) is 11.7 Å². The lowest BCUT2D eigenvalue weighted by Crippen LogP contribution is -2.16. The molecule has 15 heavy (non-hydrogen) atoms. The van der Waals surface area contributed by atoms with Gasteiger partial charge in [0.2, 0.25) is 0 Å². The Kier molecular flexibility index (Phi) is 3.06. The van der Waals surface area contributed by atoms with Crippen molar-refractivity contribution in [1.82, 2.24) is 0 Å². The number of hydrogen-bond acceptors (Lipinski definition) is 1. The Morgan fingerprint density at radius 1 is 1.47 bits per heavy atom. The minimum atomic E-state index is -0.508. The van der Waals surface area contributed by atoms with Crippen molar-refractivity contribution in [1.29, 1.82) is 0 Å². The molecule has 0 N–H and O–H groups in total. The second-order valence-corrected chi connectivity index (χ2v) is 4.48. The molecule has 2 rings (SSSR count). The van der Waals surface area contributed by atoms with Gasteiger partial charge in [-0.05, 0) is 24.1 Å². The summed E-state index contributed by atoms with van der Waals surface area (Å²) in [6.07, 6.45) is 3.86. The molecule has 1 aliphatic carbocycles. The topological polar surface area (TPSA) is 17.1 Å². The van der Waals surface area contributed by atoms with Crippen molar-refractivity contribution in [2.24, 2.45) is 5.92 Å². The van der Waals surface area contributed by atoms with E-state index in [2.05, 4.69) is 0 Å². The van der Waals surface area contributed by atoms with Crippen molar-refractivity contribution in [3.63, 3.8) is 0 Å². The van der Waals surface area contributed by atoms with Gasteiger partial charge in [0.25, 0.3) is 0 Å². The molecular weight excluding hydrogens is 215 g/mol. The zero-order valence-electron chi connectivity index (χ0n) is 8.30. The number of Topliss-reactive ketones (excluding diaryl/α,β-unsaturated/α-hetero) is 1. The summed E-state index contributed by atoms with van der Waals surface area (Å²) < 4.78 is 13.4. The van der Waals surface area contributed by atoms with Gasteiger partial charge in [-0.1, -0.05) is 30.9 Å². The molecule has 0 unspecified atom stereocenters. The van der Waals surface area contributed by atoms with Gasteiger partial charge < -0.3 is 0 Å². The lowest BCUT2D eigenvalue weighted by Gasteiger charge is -2.24. The van der Waals surface area contributed by atoms with Crippen LogP contribution in [-0.4, -0.2) is 5.78 Å². The van der Waals surface area contributed by atoms with Crippen molar-refractivity contribution in [2.45, 2.75) is 25.7 Å². The summed E-state index contributed by atoms with van der Waals surface area (Å²) >= 11 is 5.61. The quantitative estimate of drug-likeness (QED) is 0.716. The average Bonchev–Trinajstić information content (AvgIpc) is 2.11. The van der Waals surface area contributed by atoms with E-state index in [-0.39, 0.29) is 11.3 Å². The van der Waals surface area contributed by atoms with Crippen LogP contribution in [-0.2, 0) is 0 Å². The maximum absolute atomic E-state index is 13.4. The van der Waals surface area contributed by atoms with Gasteiger partial charge >= 0.3 is 0 Å². The first kappa shape index (κ1) is 10.6. The fourth-order valence-electron chi connectivity index (χ4n) is 1.78. The third kappa shape index (κ3) is 2.37. The van der Waals surface area contributed by atoms with Crippen LogP contribution in [0.4, 0.5) is 4.39 Å². The summed E-state index contributed by atoms with van der Waals surface area (Å²) in [6, 6.07) is 4.22. The van der Waals surface area contributed by atoms with E-state index in [0.717, 1.165) is 12.8 Å². The molecule has 1 fully saturated rings. The summed E-state index contributed by atoms with van der Waals surface area (Å²) in [4.78, 5) is 11.7. The molecule has 0 radical (unpaired) electrons. The van der Waals surface area contributed by atoms with E-state index in [4.69, 9.17) is 11.6 Å². The Morgan fingerprint density at radius 3 is 2.73 bits per heavy atom. The first-order valence-corrected chi connectivity index (χ1v) is 5.53. The minimum absolute atomic E-state index is 0.103. The zero-order valence-corrected chi connectivity index (χ0v) is 9.06. The number of halogens is 2. The fraction of sp³-hybridized carbons (Fsp3) is 0.417. The van der Waals surface area contributed by atoms with Gasteiger partial charge in [-0.3, -0.25) is 4.79 Å². The van der Waals surface area contributed by atoms with Crippen LogP contribution in [0.3, 0.4) is 0 Å². The van der Waals surface area contributed by atoms with Crippen LogP contribution in [0.2, 0.25) is 5.02 Å². The van der Waals surface area contributed by atoms with E-state index >= 15 is 0 Å². The van der Waals surface area contributed by atoms with Crippen LogP contribution in [0.5, 0.6) is 0 Å². The van der Waals surface area contributed by atoms with E-state index in [1.807, 2.05) is 0 Å². The van der Waals surface area contributed by atoms with E-state index in [1.54, 1.807) is 6.07 Å². The highest BCUT2D eigenvalue weighted by atomic mass is 35.5. The third-order valence-electron chi connectivity index (χ3n) is 2.93. The van der Waals surface area contributed by atoms with Gasteiger partial charge in [-0.25, -0.2) is 4.39 Å². The number of ketones is 1. The van der Waals surface area contributed by atoms with Crippen molar-refractivity contribution in [2.75, 3.05) is 0 Å². The Balaban J connectivity index is 2.10. The summed E-state index contributed by atoms with van der Waals surface area (Å²) in [6.45, 7) is 0. The molecule has 0 heterocycles. The predicted molar refractivity (Wildman–Crippen MR) is 57.7 cm³/mol. The summed E-state index contributed by atoms with van der Waals surface area (Å²) in [5.74, 6) is -0.145. The van der Waals surface area contributed by atoms with Crippen LogP contribution >= 0.6 is 11.6 Å². The molecule has 0 amide bonds. The Labute approximate surface area is 93.2 Å². The van der Waals surface area contributed by atoms with Gasteiger partial charge in [-0.15, -0.1) is 0 Å². The molecule has 0 saturated heterocycles. The molecule has 1 aromatic carbocycles. The SMILES string of the molecule is O=C(CC1CCC1)c1ccc(Cl)cc1F. The summed E-state index contributed by atoms with van der Waals surface area (Å²) in [7, 11) is 0. The first-order chi connectivity index (χ1) is 7.16. The van der Waals surface area contributed by atoms with Crippen LogP contribution < -0.4 is 0 Å². The Hall–Kier alpha value is -0.890. The molecule has 0 bridgehead atoms. The second-order valence-electron chi connectivity index (χ2n) is 4.05. The highest BCUT2D eigenvalue weighted by Crippen LogP contribution is 2.31. The molecule has 1 aromatic rings. The first-order valence-electron chi connectivity index (χ1n) is 5.15. The summed E-state index contributed by atoms with van der Waals surface area (Å²) in [5.41, 5.74) is 0.173.